The number of ether oxygens (including phenoxy) is 2. The van der Waals surface area contributed by atoms with Crippen molar-refractivity contribution in [3.05, 3.63) is 0 Å². The summed E-state index contributed by atoms with van der Waals surface area (Å²) in [6.07, 6.45) is 1.41. The second-order valence-corrected chi connectivity index (χ2v) is 5.53. The van der Waals surface area contributed by atoms with E-state index in [9.17, 15) is 9.59 Å². The van der Waals surface area contributed by atoms with Gasteiger partial charge in [-0.05, 0) is 46.6 Å². The van der Waals surface area contributed by atoms with E-state index in [1.54, 1.807) is 20.8 Å². The zero-order valence-corrected chi connectivity index (χ0v) is 14.0. The molecule has 0 aliphatic rings. The number of carboxylic acids is 1. The average Bonchev–Trinajstić information content (AvgIpc) is 2.34. The third-order valence-electron chi connectivity index (χ3n) is 2.12. The summed E-state index contributed by atoms with van der Waals surface area (Å²) in [6, 6.07) is -0.684. The Balaban J connectivity index is 0. The van der Waals surface area contributed by atoms with Crippen LogP contribution in [-0.2, 0) is 19.1 Å². The molecular formula is C14H28N2O6. The van der Waals surface area contributed by atoms with Gasteiger partial charge in [-0.1, -0.05) is 0 Å². The maximum Gasteiger partial charge on any atom is 0.408 e. The van der Waals surface area contributed by atoms with Gasteiger partial charge in [0.25, 0.3) is 5.97 Å². The number of amides is 1. The van der Waals surface area contributed by atoms with E-state index < -0.39 is 29.7 Å². The summed E-state index contributed by atoms with van der Waals surface area (Å²) in [5, 5.41) is 9.92. The van der Waals surface area contributed by atoms with E-state index in [2.05, 4.69) is 10.1 Å². The van der Waals surface area contributed by atoms with Crippen LogP contribution in [0.1, 0.15) is 47.0 Å². The number of aliphatic carboxylic acids is 1. The highest BCUT2D eigenvalue weighted by Crippen LogP contribution is 2.08. The Labute approximate surface area is 131 Å². The molecule has 0 saturated heterocycles. The zero-order valence-electron chi connectivity index (χ0n) is 14.0. The van der Waals surface area contributed by atoms with Crippen molar-refractivity contribution in [2.75, 3.05) is 13.7 Å². The monoisotopic (exact) mass is 320 g/mol. The van der Waals surface area contributed by atoms with E-state index in [1.807, 2.05) is 0 Å². The Morgan fingerprint density at radius 1 is 1.23 bits per heavy atom. The third kappa shape index (κ3) is 16.2. The van der Waals surface area contributed by atoms with E-state index in [1.165, 1.54) is 7.11 Å². The van der Waals surface area contributed by atoms with Crippen LogP contribution < -0.4 is 11.1 Å². The second-order valence-electron chi connectivity index (χ2n) is 5.53. The minimum atomic E-state index is -0.833. The van der Waals surface area contributed by atoms with E-state index in [4.69, 9.17) is 20.4 Å². The molecule has 4 N–H and O–H groups in total. The number of carbonyl (C=O) groups excluding carboxylic acids is 2. The van der Waals surface area contributed by atoms with Crippen molar-refractivity contribution < 1.29 is 29.0 Å². The molecule has 0 aromatic carbocycles. The van der Waals surface area contributed by atoms with Crippen molar-refractivity contribution in [1.29, 1.82) is 0 Å². The number of rotatable bonds is 6. The highest BCUT2D eigenvalue weighted by molar-refractivity contribution is 5.81. The van der Waals surface area contributed by atoms with E-state index in [0.717, 1.165) is 19.8 Å². The van der Waals surface area contributed by atoms with Crippen LogP contribution in [0.3, 0.4) is 0 Å². The highest BCUT2D eigenvalue weighted by Gasteiger charge is 2.24. The van der Waals surface area contributed by atoms with Crippen molar-refractivity contribution in [1.82, 2.24) is 5.32 Å². The molecule has 0 aliphatic carbocycles. The van der Waals surface area contributed by atoms with Crippen molar-refractivity contribution in [2.45, 2.75) is 58.6 Å². The number of hydrogen-bond donors (Lipinski definition) is 3. The summed E-state index contributed by atoms with van der Waals surface area (Å²) in [7, 11) is 1.29. The molecule has 1 unspecified atom stereocenters. The number of esters is 1. The SMILES string of the molecule is CC(=O)O.COC(=O)C(CCCCN)NC(=O)OC(C)(C)C. The molecule has 0 rings (SSSR count). The summed E-state index contributed by atoms with van der Waals surface area (Å²) >= 11 is 0. The molecule has 0 saturated carbocycles. The molecule has 8 heteroatoms. The molecule has 0 radical (unpaired) electrons. The molecule has 0 aromatic heterocycles. The van der Waals surface area contributed by atoms with Crippen LogP contribution in [0, 0.1) is 0 Å². The van der Waals surface area contributed by atoms with Crippen molar-refractivity contribution >= 4 is 18.0 Å². The van der Waals surface area contributed by atoms with Gasteiger partial charge in [0.15, 0.2) is 0 Å². The lowest BCUT2D eigenvalue weighted by Crippen LogP contribution is -2.44. The minimum absolute atomic E-state index is 0.474. The van der Waals surface area contributed by atoms with Crippen LogP contribution in [0.5, 0.6) is 0 Å². The number of unbranched alkanes of at least 4 members (excludes halogenated alkanes) is 1. The van der Waals surface area contributed by atoms with Crippen molar-refractivity contribution in [3.63, 3.8) is 0 Å². The van der Waals surface area contributed by atoms with Gasteiger partial charge in [0.05, 0.1) is 7.11 Å². The lowest BCUT2D eigenvalue weighted by Gasteiger charge is -2.22. The maximum absolute atomic E-state index is 11.6. The van der Waals surface area contributed by atoms with Crippen LogP contribution in [-0.4, -0.2) is 48.4 Å². The maximum atomic E-state index is 11.6. The third-order valence-corrected chi connectivity index (χ3v) is 2.12. The minimum Gasteiger partial charge on any atom is -0.481 e. The summed E-state index contributed by atoms with van der Waals surface area (Å²) in [5.41, 5.74) is 4.78. The molecule has 0 fully saturated rings. The average molecular weight is 320 g/mol. The Bertz CT molecular complexity index is 348. The first kappa shape index (κ1) is 22.5. The smallest absolute Gasteiger partial charge is 0.408 e. The Kier molecular flexibility index (Phi) is 12.0. The standard InChI is InChI=1S/C12H24N2O4.C2H4O2/c1-12(2,3)18-11(16)14-9(10(15)17-4)7-5-6-8-13;1-2(3)4/h9H,5-8,13H2,1-4H3,(H,14,16);1H3,(H,3,4). The molecule has 1 atom stereocenters. The number of carbonyl (C=O) groups is 3. The van der Waals surface area contributed by atoms with E-state index in [0.29, 0.717) is 13.0 Å². The number of hydrogen-bond acceptors (Lipinski definition) is 6. The van der Waals surface area contributed by atoms with Gasteiger partial charge in [0.2, 0.25) is 0 Å². The van der Waals surface area contributed by atoms with Crippen molar-refractivity contribution in [2.24, 2.45) is 5.73 Å². The Morgan fingerprint density at radius 2 is 1.73 bits per heavy atom. The summed E-state index contributed by atoms with van der Waals surface area (Å²) in [5.74, 6) is -1.31. The predicted molar refractivity (Wildman–Crippen MR) is 81.4 cm³/mol. The molecule has 130 valence electrons. The van der Waals surface area contributed by atoms with Gasteiger partial charge < -0.3 is 25.6 Å². The fourth-order valence-corrected chi connectivity index (χ4v) is 1.33. The van der Waals surface area contributed by atoms with Gasteiger partial charge in [0.1, 0.15) is 11.6 Å². The normalized spacial score (nSPS) is 11.5. The van der Waals surface area contributed by atoms with Gasteiger partial charge in [0, 0.05) is 6.92 Å². The fourth-order valence-electron chi connectivity index (χ4n) is 1.33. The largest absolute Gasteiger partial charge is 0.481 e. The van der Waals surface area contributed by atoms with Crippen molar-refractivity contribution in [3.8, 4) is 0 Å². The molecule has 1 amide bonds. The lowest BCUT2D eigenvalue weighted by molar-refractivity contribution is -0.143. The highest BCUT2D eigenvalue weighted by atomic mass is 16.6. The number of carboxylic acid groups (broad SMARTS) is 1. The molecule has 0 heterocycles. The van der Waals surface area contributed by atoms with Gasteiger partial charge in [-0.3, -0.25) is 4.79 Å². The van der Waals surface area contributed by atoms with Gasteiger partial charge in [-0.2, -0.15) is 0 Å². The van der Waals surface area contributed by atoms with Crippen LogP contribution in [0.2, 0.25) is 0 Å². The molecule has 0 spiro atoms. The number of nitrogens with two attached hydrogens (primary N) is 1. The van der Waals surface area contributed by atoms with Crippen LogP contribution in [0.4, 0.5) is 4.79 Å². The quantitative estimate of drug-likeness (QED) is 0.496. The first-order valence-electron chi connectivity index (χ1n) is 7.00. The van der Waals surface area contributed by atoms with E-state index >= 15 is 0 Å². The number of methoxy groups -OCH3 is 1. The van der Waals surface area contributed by atoms with Gasteiger partial charge in [-0.15, -0.1) is 0 Å². The number of alkyl carbamates (subject to hydrolysis) is 1. The lowest BCUT2D eigenvalue weighted by atomic mass is 10.1. The van der Waals surface area contributed by atoms with E-state index in [-0.39, 0.29) is 0 Å². The first-order valence-corrected chi connectivity index (χ1v) is 7.00. The van der Waals surface area contributed by atoms with Gasteiger partial charge in [-0.25, -0.2) is 9.59 Å². The molecular weight excluding hydrogens is 292 g/mol. The van der Waals surface area contributed by atoms with Crippen LogP contribution in [0.25, 0.3) is 0 Å². The summed E-state index contributed by atoms with van der Waals surface area (Å²) < 4.78 is 9.72. The molecule has 22 heavy (non-hydrogen) atoms. The fraction of sp³-hybridized carbons (Fsp3) is 0.786. The molecule has 0 aromatic rings. The zero-order chi connectivity index (χ0) is 17.8. The molecule has 0 bridgehead atoms. The Hall–Kier alpha value is -1.83. The van der Waals surface area contributed by atoms with Crippen LogP contribution in [0.15, 0.2) is 0 Å². The second kappa shape index (κ2) is 11.8. The molecule has 0 aliphatic heterocycles. The van der Waals surface area contributed by atoms with Gasteiger partial charge >= 0.3 is 12.1 Å². The predicted octanol–water partition coefficient (Wildman–Crippen LogP) is 1.27. The Morgan fingerprint density at radius 3 is 2.09 bits per heavy atom. The van der Waals surface area contributed by atoms with Crippen LogP contribution >= 0.6 is 0 Å². The number of nitrogens with one attached hydrogen (secondary N) is 1. The summed E-state index contributed by atoms with van der Waals surface area (Å²) in [4.78, 5) is 32.0. The topological polar surface area (TPSA) is 128 Å². The molecule has 8 nitrogen and oxygen atoms in total. The first-order chi connectivity index (χ1) is 10.0. The summed E-state index contributed by atoms with van der Waals surface area (Å²) in [6.45, 7) is 6.91.